The van der Waals surface area contributed by atoms with Gasteiger partial charge >= 0.3 is 29.6 Å². The van der Waals surface area contributed by atoms with Gasteiger partial charge in [-0.25, -0.2) is 13.1 Å². The van der Waals surface area contributed by atoms with E-state index in [1.165, 1.54) is 35.9 Å². The minimum Gasteiger partial charge on any atom is -0.744 e. The van der Waals surface area contributed by atoms with Crippen LogP contribution in [0.2, 0.25) is 15.1 Å². The second-order valence-electron chi connectivity index (χ2n) is 10.8. The average molecular weight is 788 g/mol. The van der Waals surface area contributed by atoms with Crippen molar-refractivity contribution in [2.75, 3.05) is 22.1 Å². The first kappa shape index (κ1) is 40.5. The summed E-state index contributed by atoms with van der Waals surface area (Å²) in [6.45, 7) is 5.54. The number of halogens is 3. The number of rotatable bonds is 10. The Bertz CT molecular complexity index is 2340. The Morgan fingerprint density at radius 2 is 1.62 bits per heavy atom. The van der Waals surface area contributed by atoms with Crippen LogP contribution in [0.5, 0.6) is 0 Å². The molecule has 1 aromatic heterocycles. The van der Waals surface area contributed by atoms with Gasteiger partial charge in [0.15, 0.2) is 5.82 Å². The third kappa shape index (κ3) is 9.19. The van der Waals surface area contributed by atoms with Gasteiger partial charge in [-0.3, -0.25) is 9.59 Å². The van der Waals surface area contributed by atoms with E-state index in [0.29, 0.717) is 22.9 Å². The molecular weight excluding hydrogens is 762 g/mol. The molecule has 2 N–H and O–H groups in total. The molecule has 0 aliphatic heterocycles. The van der Waals surface area contributed by atoms with Gasteiger partial charge in [0.2, 0.25) is 5.91 Å². The summed E-state index contributed by atoms with van der Waals surface area (Å²) in [6.07, 6.45) is 0. The van der Waals surface area contributed by atoms with Gasteiger partial charge < -0.3 is 20.1 Å². The second-order valence-corrected chi connectivity index (χ2v) is 13.5. The molecule has 0 fully saturated rings. The fourth-order valence-electron chi connectivity index (χ4n) is 5.04. The predicted octanol–water partition coefficient (Wildman–Crippen LogP) is 5.70. The second kappa shape index (κ2) is 17.0. The number of carbonyl (C=O) groups excluding carboxylic acids is 2. The fraction of sp³-hybridized carbons (Fsp3) is 0.118. The summed E-state index contributed by atoms with van der Waals surface area (Å²) in [6, 6.07) is 22.0. The number of hydrogen-bond donors (Lipinski definition) is 2. The van der Waals surface area contributed by atoms with Crippen molar-refractivity contribution in [3.05, 3.63) is 111 Å². The summed E-state index contributed by atoms with van der Waals surface area (Å²) >= 11 is 19.4. The molecule has 5 rings (SSSR count). The SMILES string of the molecule is CCN(c1ccc(Cl)cc1)c1ccc(N=Nc2c(C#N)c(C)nn2-c2c(Cl)cc(NC(=O)c3cccc(S(=O)(=O)[O-])c3)cc2Cl)c(NC(C)=O)c1.[Na+]. The summed E-state index contributed by atoms with van der Waals surface area (Å²) in [7, 11) is -4.78. The summed E-state index contributed by atoms with van der Waals surface area (Å²) in [5.41, 5.74) is 2.81. The van der Waals surface area contributed by atoms with Gasteiger partial charge in [0, 0.05) is 41.1 Å². The number of nitrogens with zero attached hydrogens (tertiary/aromatic N) is 6. The van der Waals surface area contributed by atoms with Crippen molar-refractivity contribution in [1.82, 2.24) is 9.78 Å². The van der Waals surface area contributed by atoms with Gasteiger partial charge in [0.05, 0.1) is 26.3 Å². The summed E-state index contributed by atoms with van der Waals surface area (Å²) in [5, 5.41) is 29.1. The molecule has 0 bridgehead atoms. The van der Waals surface area contributed by atoms with Crippen LogP contribution in [-0.4, -0.2) is 41.1 Å². The van der Waals surface area contributed by atoms with Crippen LogP contribution >= 0.6 is 34.8 Å². The van der Waals surface area contributed by atoms with Crippen molar-refractivity contribution in [3.63, 3.8) is 0 Å². The third-order valence-corrected chi connectivity index (χ3v) is 8.99. The Kier molecular flexibility index (Phi) is 13.2. The van der Waals surface area contributed by atoms with Crippen LogP contribution in [0.4, 0.5) is 34.3 Å². The number of azo groups is 1. The van der Waals surface area contributed by atoms with E-state index in [2.05, 4.69) is 32.0 Å². The van der Waals surface area contributed by atoms with Gasteiger partial charge in [-0.1, -0.05) is 40.9 Å². The largest absolute Gasteiger partial charge is 1.00 e. The molecule has 1 heterocycles. The molecule has 0 unspecified atom stereocenters. The molecule has 0 saturated carbocycles. The number of anilines is 4. The first-order valence-electron chi connectivity index (χ1n) is 14.9. The quantitative estimate of drug-likeness (QED) is 0.103. The molecule has 52 heavy (non-hydrogen) atoms. The summed E-state index contributed by atoms with van der Waals surface area (Å²) in [5.74, 6) is -1.08. The van der Waals surface area contributed by atoms with E-state index in [0.717, 1.165) is 23.5 Å². The van der Waals surface area contributed by atoms with Crippen LogP contribution in [0.25, 0.3) is 5.69 Å². The topological polar surface area (TPSA) is 185 Å². The van der Waals surface area contributed by atoms with Crippen molar-refractivity contribution in [2.24, 2.45) is 10.2 Å². The standard InChI is InChI=1S/C34H27Cl3N8O5S.Na/c1-4-44(24-10-8-22(35)9-11-24)25-12-13-30(31(17-25)39-20(3)46)41-42-33-27(18-38)19(2)43-45(33)32-28(36)15-23(16-29(32)37)40-34(47)21-6-5-7-26(14-21)51(48,49)50;/h5-17H,4H2,1-3H3,(H,39,46)(H,40,47)(H,48,49,50);/q;+1/p-1. The summed E-state index contributed by atoms with van der Waals surface area (Å²) in [4.78, 5) is 26.5. The van der Waals surface area contributed by atoms with Crippen LogP contribution in [0.1, 0.15) is 35.5 Å². The van der Waals surface area contributed by atoms with E-state index in [4.69, 9.17) is 34.8 Å². The molecule has 0 aliphatic carbocycles. The molecule has 18 heteroatoms. The molecule has 0 spiro atoms. The maximum atomic E-state index is 12.9. The predicted molar refractivity (Wildman–Crippen MR) is 194 cm³/mol. The molecule has 260 valence electrons. The number of nitriles is 1. The molecule has 5 aromatic rings. The number of benzene rings is 4. The average Bonchev–Trinajstić information content (AvgIpc) is 3.38. The number of aryl methyl sites for hydroxylation is 1. The first-order chi connectivity index (χ1) is 24.2. The molecule has 2 amide bonds. The van der Waals surface area contributed by atoms with Crippen molar-refractivity contribution < 1.29 is 52.1 Å². The minimum atomic E-state index is -4.78. The van der Waals surface area contributed by atoms with E-state index in [1.807, 2.05) is 30.0 Å². The van der Waals surface area contributed by atoms with Gasteiger partial charge in [0.25, 0.3) is 5.91 Å². The Labute approximate surface area is 336 Å². The van der Waals surface area contributed by atoms with Gasteiger partial charge in [-0.2, -0.15) is 10.4 Å². The van der Waals surface area contributed by atoms with Crippen molar-refractivity contribution in [3.8, 4) is 11.8 Å². The van der Waals surface area contributed by atoms with Gasteiger partial charge in [0.1, 0.15) is 33.1 Å². The van der Waals surface area contributed by atoms with Crippen LogP contribution in [-0.2, 0) is 14.9 Å². The van der Waals surface area contributed by atoms with E-state index in [9.17, 15) is 27.8 Å². The normalized spacial score (nSPS) is 11.1. The molecule has 0 radical (unpaired) electrons. The number of carbonyl (C=O) groups is 2. The number of nitrogens with one attached hydrogen (secondary N) is 2. The van der Waals surface area contributed by atoms with E-state index in [1.54, 1.807) is 31.2 Å². The molecular formula is C34H26Cl3N8NaO5S. The van der Waals surface area contributed by atoms with Gasteiger partial charge in [-0.05, 0) is 86.6 Å². The zero-order valence-corrected chi connectivity index (χ0v) is 33.1. The monoisotopic (exact) mass is 786 g/mol. The van der Waals surface area contributed by atoms with E-state index < -0.39 is 20.9 Å². The van der Waals surface area contributed by atoms with E-state index in [-0.39, 0.29) is 79.5 Å². The molecule has 0 aliphatic rings. The Morgan fingerprint density at radius 1 is 0.962 bits per heavy atom. The Morgan fingerprint density at radius 3 is 2.21 bits per heavy atom. The van der Waals surface area contributed by atoms with Crippen LogP contribution in [0, 0.1) is 18.3 Å². The van der Waals surface area contributed by atoms with Crippen molar-refractivity contribution in [1.29, 1.82) is 5.26 Å². The first-order valence-corrected chi connectivity index (χ1v) is 17.5. The maximum absolute atomic E-state index is 12.9. The Balaban J connectivity index is 0.00000605. The molecule has 0 saturated heterocycles. The third-order valence-electron chi connectivity index (χ3n) is 7.33. The summed E-state index contributed by atoms with van der Waals surface area (Å²) < 4.78 is 35.5. The number of aromatic nitrogens is 2. The minimum absolute atomic E-state index is 0. The van der Waals surface area contributed by atoms with Gasteiger partial charge in [-0.15, -0.1) is 10.2 Å². The Hall–Kier alpha value is -4.30. The van der Waals surface area contributed by atoms with Crippen molar-refractivity contribution >= 4 is 91.0 Å². The fourth-order valence-corrected chi connectivity index (χ4v) is 6.33. The van der Waals surface area contributed by atoms with E-state index >= 15 is 0 Å². The molecule has 4 aromatic carbocycles. The van der Waals surface area contributed by atoms with Crippen molar-refractivity contribution in [2.45, 2.75) is 25.7 Å². The van der Waals surface area contributed by atoms with Crippen LogP contribution < -0.4 is 45.1 Å². The smallest absolute Gasteiger partial charge is 0.744 e. The number of hydrogen-bond acceptors (Lipinski definition) is 10. The van der Waals surface area contributed by atoms with Crippen LogP contribution in [0.3, 0.4) is 0 Å². The zero-order chi connectivity index (χ0) is 37.0. The molecule has 0 atom stereocenters. The van der Waals surface area contributed by atoms with Crippen LogP contribution in [0.15, 0.2) is 94.0 Å². The molecule has 13 nitrogen and oxygen atoms in total. The number of amides is 2. The zero-order valence-electron chi connectivity index (χ0n) is 28.0. The maximum Gasteiger partial charge on any atom is 1.00 e.